The van der Waals surface area contributed by atoms with E-state index in [1.165, 1.54) is 6.07 Å². The highest BCUT2D eigenvalue weighted by atomic mass is 16.3. The highest BCUT2D eigenvalue weighted by Gasteiger charge is 2.09. The Morgan fingerprint density at radius 1 is 1.56 bits per heavy atom. The van der Waals surface area contributed by atoms with E-state index < -0.39 is 12.0 Å². The zero-order chi connectivity index (χ0) is 12.3. The van der Waals surface area contributed by atoms with Crippen LogP contribution in [0.1, 0.15) is 17.3 Å². The first kappa shape index (κ1) is 12.3. The number of nitrogen functional groups attached to an aromatic ring is 1. The molecule has 1 unspecified atom stereocenters. The summed E-state index contributed by atoms with van der Waals surface area (Å²) in [6, 6.07) is 4.88. The molecule has 0 aromatic heterocycles. The van der Waals surface area contributed by atoms with Crippen molar-refractivity contribution < 1.29 is 9.90 Å². The number of primary amides is 1. The van der Waals surface area contributed by atoms with Crippen LogP contribution in [-0.2, 0) is 0 Å². The van der Waals surface area contributed by atoms with Gasteiger partial charge in [0, 0.05) is 19.2 Å². The van der Waals surface area contributed by atoms with Gasteiger partial charge in [-0.15, -0.1) is 0 Å². The largest absolute Gasteiger partial charge is 0.397 e. The second-order valence-corrected chi connectivity index (χ2v) is 3.87. The summed E-state index contributed by atoms with van der Waals surface area (Å²) in [6.45, 7) is 2.17. The van der Waals surface area contributed by atoms with E-state index >= 15 is 0 Å². The monoisotopic (exact) mass is 223 g/mol. The average Bonchev–Trinajstić information content (AvgIpc) is 2.15. The van der Waals surface area contributed by atoms with Crippen LogP contribution in [0.3, 0.4) is 0 Å². The Balaban J connectivity index is 2.94. The molecule has 0 saturated heterocycles. The van der Waals surface area contributed by atoms with Gasteiger partial charge >= 0.3 is 0 Å². The number of anilines is 2. The highest BCUT2D eigenvalue weighted by molar-refractivity contribution is 5.94. The van der Waals surface area contributed by atoms with Crippen molar-refractivity contribution in [2.45, 2.75) is 13.0 Å². The fraction of sp³-hybridized carbons (Fsp3) is 0.364. The van der Waals surface area contributed by atoms with Gasteiger partial charge in [-0.3, -0.25) is 4.79 Å². The summed E-state index contributed by atoms with van der Waals surface area (Å²) in [5.41, 5.74) is 12.6. The zero-order valence-electron chi connectivity index (χ0n) is 9.47. The van der Waals surface area contributed by atoms with Gasteiger partial charge in [0.15, 0.2) is 0 Å². The van der Waals surface area contributed by atoms with E-state index in [9.17, 15) is 9.90 Å². The number of hydrogen-bond donors (Lipinski definition) is 3. The third kappa shape index (κ3) is 2.87. The van der Waals surface area contributed by atoms with E-state index in [-0.39, 0.29) is 0 Å². The second-order valence-electron chi connectivity index (χ2n) is 3.87. The first-order valence-corrected chi connectivity index (χ1v) is 5.00. The lowest BCUT2D eigenvalue weighted by atomic mass is 10.1. The summed E-state index contributed by atoms with van der Waals surface area (Å²) in [6.07, 6.45) is -0.444. The lowest BCUT2D eigenvalue weighted by Crippen LogP contribution is -2.27. The molecule has 0 radical (unpaired) electrons. The van der Waals surface area contributed by atoms with Crippen LogP contribution in [0.25, 0.3) is 0 Å². The van der Waals surface area contributed by atoms with Crippen LogP contribution >= 0.6 is 0 Å². The standard InChI is InChI=1S/C11H17N3O2/c1-7(15)6-14(2)10-4-3-8(11(13)16)5-9(10)12/h3-5,7,15H,6,12H2,1-2H3,(H2,13,16). The maximum absolute atomic E-state index is 10.9. The SMILES string of the molecule is CC(O)CN(C)c1ccc(C(N)=O)cc1N. The van der Waals surface area contributed by atoms with E-state index in [4.69, 9.17) is 11.5 Å². The summed E-state index contributed by atoms with van der Waals surface area (Å²) < 4.78 is 0. The van der Waals surface area contributed by atoms with Crippen molar-refractivity contribution in [3.05, 3.63) is 23.8 Å². The molecule has 16 heavy (non-hydrogen) atoms. The molecule has 0 aliphatic carbocycles. The number of benzene rings is 1. The van der Waals surface area contributed by atoms with E-state index in [0.717, 1.165) is 5.69 Å². The molecular weight excluding hydrogens is 206 g/mol. The van der Waals surface area contributed by atoms with Crippen LogP contribution in [0.4, 0.5) is 11.4 Å². The number of aliphatic hydroxyl groups is 1. The summed E-state index contributed by atoms with van der Waals surface area (Å²) in [5, 5.41) is 9.26. The summed E-state index contributed by atoms with van der Waals surface area (Å²) in [5.74, 6) is -0.503. The van der Waals surface area contributed by atoms with Gasteiger partial charge in [0.05, 0.1) is 17.5 Å². The molecule has 1 aromatic rings. The number of hydrogen-bond acceptors (Lipinski definition) is 4. The third-order valence-corrected chi connectivity index (χ3v) is 2.26. The Kier molecular flexibility index (Phi) is 3.73. The van der Waals surface area contributed by atoms with Gasteiger partial charge < -0.3 is 21.5 Å². The molecule has 1 atom stereocenters. The molecule has 0 bridgehead atoms. The van der Waals surface area contributed by atoms with Crippen molar-refractivity contribution in [2.75, 3.05) is 24.2 Å². The smallest absolute Gasteiger partial charge is 0.248 e. The Hall–Kier alpha value is -1.75. The Labute approximate surface area is 94.7 Å². The molecule has 1 amide bonds. The summed E-state index contributed by atoms with van der Waals surface area (Å²) in [4.78, 5) is 12.7. The molecule has 1 aromatic carbocycles. The minimum absolute atomic E-state index is 0.381. The molecule has 0 aliphatic rings. The maximum Gasteiger partial charge on any atom is 0.248 e. The zero-order valence-corrected chi connectivity index (χ0v) is 9.47. The molecule has 5 N–H and O–H groups in total. The van der Waals surface area contributed by atoms with Crippen molar-refractivity contribution in [2.24, 2.45) is 5.73 Å². The molecule has 5 nitrogen and oxygen atoms in total. The van der Waals surface area contributed by atoms with Crippen LogP contribution in [0.2, 0.25) is 0 Å². The minimum Gasteiger partial charge on any atom is -0.397 e. The number of likely N-dealkylation sites (N-methyl/N-ethyl adjacent to an activating group) is 1. The Morgan fingerprint density at radius 2 is 2.19 bits per heavy atom. The predicted molar refractivity (Wildman–Crippen MR) is 64.3 cm³/mol. The molecular formula is C11H17N3O2. The number of carbonyl (C=O) groups excluding carboxylic acids is 1. The molecule has 5 heteroatoms. The van der Waals surface area contributed by atoms with Gasteiger partial charge in [-0.1, -0.05) is 0 Å². The summed E-state index contributed by atoms with van der Waals surface area (Å²) >= 11 is 0. The van der Waals surface area contributed by atoms with E-state index in [1.54, 1.807) is 19.1 Å². The van der Waals surface area contributed by atoms with E-state index in [1.807, 2.05) is 11.9 Å². The number of carbonyl (C=O) groups is 1. The summed E-state index contributed by atoms with van der Waals surface area (Å²) in [7, 11) is 1.82. The van der Waals surface area contributed by atoms with Gasteiger partial charge in [0.25, 0.3) is 0 Å². The van der Waals surface area contributed by atoms with E-state index in [0.29, 0.717) is 17.8 Å². The van der Waals surface area contributed by atoms with Gasteiger partial charge in [-0.05, 0) is 25.1 Å². The molecule has 0 spiro atoms. The number of nitrogens with two attached hydrogens (primary N) is 2. The fourth-order valence-corrected chi connectivity index (χ4v) is 1.55. The van der Waals surface area contributed by atoms with Gasteiger partial charge in [-0.25, -0.2) is 0 Å². The quantitative estimate of drug-likeness (QED) is 0.635. The van der Waals surface area contributed by atoms with E-state index in [2.05, 4.69) is 0 Å². The van der Waals surface area contributed by atoms with Gasteiger partial charge in [-0.2, -0.15) is 0 Å². The predicted octanol–water partition coefficient (Wildman–Crippen LogP) is 0.185. The van der Waals surface area contributed by atoms with Crippen molar-refractivity contribution >= 4 is 17.3 Å². The lowest BCUT2D eigenvalue weighted by Gasteiger charge is -2.22. The molecule has 0 fully saturated rings. The minimum atomic E-state index is -0.503. The molecule has 88 valence electrons. The number of nitrogens with zero attached hydrogens (tertiary/aromatic N) is 1. The number of aliphatic hydroxyl groups excluding tert-OH is 1. The first-order valence-electron chi connectivity index (χ1n) is 5.00. The average molecular weight is 223 g/mol. The molecule has 1 rings (SSSR count). The topological polar surface area (TPSA) is 92.6 Å². The third-order valence-electron chi connectivity index (χ3n) is 2.26. The van der Waals surface area contributed by atoms with Gasteiger partial charge in [0.2, 0.25) is 5.91 Å². The molecule has 0 saturated carbocycles. The second kappa shape index (κ2) is 4.85. The number of rotatable bonds is 4. The Bertz CT molecular complexity index is 391. The van der Waals surface area contributed by atoms with Gasteiger partial charge in [0.1, 0.15) is 0 Å². The maximum atomic E-state index is 10.9. The van der Waals surface area contributed by atoms with Crippen LogP contribution in [0.5, 0.6) is 0 Å². The fourth-order valence-electron chi connectivity index (χ4n) is 1.55. The van der Waals surface area contributed by atoms with Crippen molar-refractivity contribution in [1.82, 2.24) is 0 Å². The highest BCUT2D eigenvalue weighted by Crippen LogP contribution is 2.23. The normalized spacial score (nSPS) is 12.2. The first-order chi connectivity index (χ1) is 7.41. The van der Waals surface area contributed by atoms with Crippen molar-refractivity contribution in [3.63, 3.8) is 0 Å². The van der Waals surface area contributed by atoms with Crippen molar-refractivity contribution in [1.29, 1.82) is 0 Å². The lowest BCUT2D eigenvalue weighted by molar-refractivity contribution is 0.100. The Morgan fingerprint density at radius 3 is 2.62 bits per heavy atom. The van der Waals surface area contributed by atoms with Crippen molar-refractivity contribution in [3.8, 4) is 0 Å². The van der Waals surface area contributed by atoms with Crippen LogP contribution in [0.15, 0.2) is 18.2 Å². The van der Waals surface area contributed by atoms with Crippen LogP contribution < -0.4 is 16.4 Å². The molecule has 0 aliphatic heterocycles. The van der Waals surface area contributed by atoms with Crippen LogP contribution in [-0.4, -0.2) is 30.7 Å². The number of amides is 1. The molecule has 0 heterocycles. The van der Waals surface area contributed by atoms with Crippen LogP contribution in [0, 0.1) is 0 Å².